The van der Waals surface area contributed by atoms with Gasteiger partial charge < -0.3 is 15.7 Å². The third kappa shape index (κ3) is 5.12. The van der Waals surface area contributed by atoms with Gasteiger partial charge in [-0.25, -0.2) is 0 Å². The number of nitrogens with zero attached hydrogens (tertiary/aromatic N) is 1. The molecule has 0 bridgehead atoms. The number of hydrogen-bond donors (Lipinski definition) is 3. The van der Waals surface area contributed by atoms with Crippen LogP contribution in [0.1, 0.15) is 39.2 Å². The molecule has 0 saturated carbocycles. The second kappa shape index (κ2) is 8.39. The Hall–Kier alpha value is -2.74. The van der Waals surface area contributed by atoms with Crippen molar-refractivity contribution in [1.29, 1.82) is 0 Å². The number of anilines is 1. The molecule has 3 N–H and O–H groups in total. The lowest BCUT2D eigenvalue weighted by molar-refractivity contribution is -0.138. The number of rotatable bonds is 7. The van der Waals surface area contributed by atoms with E-state index in [-0.39, 0.29) is 18.7 Å². The second-order valence-electron chi connectivity index (χ2n) is 5.47. The van der Waals surface area contributed by atoms with Crippen LogP contribution in [0.25, 0.3) is 0 Å². The van der Waals surface area contributed by atoms with Crippen LogP contribution in [0.4, 0.5) is 5.00 Å². The minimum absolute atomic E-state index is 0.137. The summed E-state index contributed by atoms with van der Waals surface area (Å²) in [6.07, 6.45) is 2.93. The van der Waals surface area contributed by atoms with E-state index in [4.69, 9.17) is 5.11 Å². The number of hydrogen-bond acceptors (Lipinski definition) is 5. The zero-order chi connectivity index (χ0) is 18.4. The topological polar surface area (TPSA) is 108 Å². The third-order valence-corrected chi connectivity index (χ3v) is 4.73. The molecule has 0 unspecified atom stereocenters. The normalized spacial score (nSPS) is 10.3. The van der Waals surface area contributed by atoms with Crippen LogP contribution in [0.2, 0.25) is 0 Å². The summed E-state index contributed by atoms with van der Waals surface area (Å²) < 4.78 is 0. The number of pyridine rings is 1. The van der Waals surface area contributed by atoms with E-state index < -0.39 is 11.9 Å². The monoisotopic (exact) mass is 361 g/mol. The molecule has 0 radical (unpaired) electrons. The number of aliphatic carboxylic acids is 1. The minimum Gasteiger partial charge on any atom is -0.481 e. The number of carboxylic acids is 1. The lowest BCUT2D eigenvalue weighted by atomic mass is 10.1. The first-order valence-electron chi connectivity index (χ1n) is 7.67. The summed E-state index contributed by atoms with van der Waals surface area (Å²) in [6.45, 7) is 4.01. The predicted octanol–water partition coefficient (Wildman–Crippen LogP) is 2.49. The van der Waals surface area contributed by atoms with Gasteiger partial charge in [0.2, 0.25) is 5.91 Å². The number of thiophene rings is 1. The van der Waals surface area contributed by atoms with Crippen molar-refractivity contribution < 1.29 is 19.5 Å². The molecule has 0 aliphatic heterocycles. The molecule has 0 aromatic carbocycles. The van der Waals surface area contributed by atoms with Gasteiger partial charge in [-0.15, -0.1) is 11.3 Å². The second-order valence-corrected chi connectivity index (χ2v) is 6.70. The van der Waals surface area contributed by atoms with Crippen molar-refractivity contribution in [1.82, 2.24) is 10.3 Å². The average Bonchev–Trinajstić information content (AvgIpc) is 2.86. The Morgan fingerprint density at radius 3 is 2.64 bits per heavy atom. The molecule has 2 aromatic rings. The maximum atomic E-state index is 12.6. The van der Waals surface area contributed by atoms with Gasteiger partial charge in [0.15, 0.2) is 0 Å². The van der Waals surface area contributed by atoms with E-state index in [1.54, 1.807) is 18.5 Å². The molecule has 132 valence electrons. The summed E-state index contributed by atoms with van der Waals surface area (Å²) in [6, 6.07) is 3.64. The van der Waals surface area contributed by atoms with Gasteiger partial charge in [0.25, 0.3) is 5.91 Å². The molecule has 0 saturated heterocycles. The SMILES string of the molecule is Cc1sc(NC(=O)CCC(=O)O)c(C(=O)NCc2cccnc2)c1C. The molecule has 0 spiro atoms. The van der Waals surface area contributed by atoms with Gasteiger partial charge in [0.1, 0.15) is 5.00 Å². The van der Waals surface area contributed by atoms with Gasteiger partial charge in [0, 0.05) is 30.2 Å². The van der Waals surface area contributed by atoms with Crippen LogP contribution in [0.15, 0.2) is 24.5 Å². The number of carboxylic acid groups (broad SMARTS) is 1. The fourth-order valence-corrected chi connectivity index (χ4v) is 3.25. The van der Waals surface area contributed by atoms with Crippen molar-refractivity contribution in [2.24, 2.45) is 0 Å². The summed E-state index contributed by atoms with van der Waals surface area (Å²) in [7, 11) is 0. The fourth-order valence-electron chi connectivity index (χ4n) is 2.17. The zero-order valence-electron chi connectivity index (χ0n) is 14.0. The number of amides is 2. The van der Waals surface area contributed by atoms with Gasteiger partial charge in [-0.1, -0.05) is 6.07 Å². The molecule has 7 nitrogen and oxygen atoms in total. The van der Waals surface area contributed by atoms with Crippen LogP contribution in [0.5, 0.6) is 0 Å². The molecule has 2 rings (SSSR count). The fraction of sp³-hybridized carbons (Fsp3) is 0.294. The number of carbonyl (C=O) groups is 3. The number of nitrogens with one attached hydrogen (secondary N) is 2. The van der Waals surface area contributed by atoms with E-state index in [0.29, 0.717) is 17.1 Å². The van der Waals surface area contributed by atoms with E-state index in [1.807, 2.05) is 19.9 Å². The highest BCUT2D eigenvalue weighted by atomic mass is 32.1. The Morgan fingerprint density at radius 2 is 2.00 bits per heavy atom. The van der Waals surface area contributed by atoms with Gasteiger partial charge in [-0.3, -0.25) is 19.4 Å². The molecule has 2 aromatic heterocycles. The molecule has 2 heterocycles. The molecular weight excluding hydrogens is 342 g/mol. The average molecular weight is 361 g/mol. The van der Waals surface area contributed by atoms with E-state index in [2.05, 4.69) is 15.6 Å². The van der Waals surface area contributed by atoms with E-state index in [0.717, 1.165) is 16.0 Å². The lowest BCUT2D eigenvalue weighted by Crippen LogP contribution is -2.25. The van der Waals surface area contributed by atoms with Crippen molar-refractivity contribution in [3.05, 3.63) is 46.1 Å². The van der Waals surface area contributed by atoms with Crippen molar-refractivity contribution in [3.8, 4) is 0 Å². The highest BCUT2D eigenvalue weighted by Gasteiger charge is 2.21. The highest BCUT2D eigenvalue weighted by Crippen LogP contribution is 2.32. The summed E-state index contributed by atoms with van der Waals surface area (Å²) >= 11 is 1.30. The number of aryl methyl sites for hydroxylation is 1. The summed E-state index contributed by atoms with van der Waals surface area (Å²) in [5.74, 6) is -1.76. The maximum absolute atomic E-state index is 12.6. The van der Waals surface area contributed by atoms with Crippen LogP contribution in [-0.2, 0) is 16.1 Å². The first-order chi connectivity index (χ1) is 11.9. The maximum Gasteiger partial charge on any atom is 0.303 e. The smallest absolute Gasteiger partial charge is 0.303 e. The first kappa shape index (κ1) is 18.6. The Labute approximate surface area is 149 Å². The van der Waals surface area contributed by atoms with Gasteiger partial charge >= 0.3 is 5.97 Å². The van der Waals surface area contributed by atoms with Crippen molar-refractivity contribution in [2.75, 3.05) is 5.32 Å². The number of aromatic nitrogens is 1. The lowest BCUT2D eigenvalue weighted by Gasteiger charge is -2.08. The zero-order valence-corrected chi connectivity index (χ0v) is 14.8. The molecule has 0 atom stereocenters. The van der Waals surface area contributed by atoms with Crippen LogP contribution in [0.3, 0.4) is 0 Å². The van der Waals surface area contributed by atoms with Gasteiger partial charge in [-0.05, 0) is 31.0 Å². The van der Waals surface area contributed by atoms with Crippen molar-refractivity contribution in [2.45, 2.75) is 33.2 Å². The van der Waals surface area contributed by atoms with Crippen LogP contribution in [-0.4, -0.2) is 27.9 Å². The molecule has 8 heteroatoms. The predicted molar refractivity (Wildman–Crippen MR) is 94.7 cm³/mol. The van der Waals surface area contributed by atoms with Gasteiger partial charge in [-0.2, -0.15) is 0 Å². The summed E-state index contributed by atoms with van der Waals surface area (Å²) in [5, 5.41) is 14.6. The third-order valence-electron chi connectivity index (χ3n) is 3.61. The summed E-state index contributed by atoms with van der Waals surface area (Å²) in [5.41, 5.74) is 2.07. The minimum atomic E-state index is -1.04. The number of carbonyl (C=O) groups excluding carboxylic acids is 2. The van der Waals surface area contributed by atoms with Crippen molar-refractivity contribution >= 4 is 34.1 Å². The molecule has 0 fully saturated rings. The van der Waals surface area contributed by atoms with Crippen LogP contribution >= 0.6 is 11.3 Å². The molecule has 0 aliphatic rings. The Morgan fingerprint density at radius 1 is 1.24 bits per heavy atom. The van der Waals surface area contributed by atoms with Gasteiger partial charge in [0.05, 0.1) is 12.0 Å². The van der Waals surface area contributed by atoms with Crippen LogP contribution < -0.4 is 10.6 Å². The molecule has 25 heavy (non-hydrogen) atoms. The highest BCUT2D eigenvalue weighted by molar-refractivity contribution is 7.16. The van der Waals surface area contributed by atoms with E-state index in [9.17, 15) is 14.4 Å². The van der Waals surface area contributed by atoms with E-state index >= 15 is 0 Å². The van der Waals surface area contributed by atoms with Crippen molar-refractivity contribution in [3.63, 3.8) is 0 Å². The molecule has 0 aliphatic carbocycles. The standard InChI is InChI=1S/C17H19N3O4S/c1-10-11(2)25-17(20-13(21)5-6-14(22)23)15(10)16(24)19-9-12-4-3-7-18-8-12/h3-4,7-8H,5-6,9H2,1-2H3,(H,19,24)(H,20,21)(H,22,23). The molecular formula is C17H19N3O4S. The quantitative estimate of drug-likeness (QED) is 0.702. The molecule has 2 amide bonds. The summed E-state index contributed by atoms with van der Waals surface area (Å²) in [4.78, 5) is 39.9. The largest absolute Gasteiger partial charge is 0.481 e. The Balaban J connectivity index is 2.09. The van der Waals surface area contributed by atoms with Crippen LogP contribution in [0, 0.1) is 13.8 Å². The Kier molecular flexibility index (Phi) is 6.24. The Bertz CT molecular complexity index is 787. The first-order valence-corrected chi connectivity index (χ1v) is 8.49. The van der Waals surface area contributed by atoms with E-state index in [1.165, 1.54) is 11.3 Å².